The van der Waals surface area contributed by atoms with Gasteiger partial charge in [0.1, 0.15) is 0 Å². The molecule has 0 amide bonds. The molecule has 1 aliphatic heterocycles. The minimum absolute atomic E-state index is 1.23. The summed E-state index contributed by atoms with van der Waals surface area (Å²) in [6.45, 7) is 6.20. The molecule has 9 heavy (non-hydrogen) atoms. The van der Waals surface area contributed by atoms with E-state index < -0.39 is 0 Å². The average molecular weight is 125 g/mol. The van der Waals surface area contributed by atoms with Crippen LogP contribution in [0.4, 0.5) is 0 Å². The van der Waals surface area contributed by atoms with Crippen LogP contribution in [-0.2, 0) is 0 Å². The number of hydrogen-bond acceptors (Lipinski definition) is 1. The van der Waals surface area contributed by atoms with Crippen molar-refractivity contribution in [3.05, 3.63) is 12.8 Å². The summed E-state index contributed by atoms with van der Waals surface area (Å²) in [7, 11) is 0. The third kappa shape index (κ3) is 2.08. The molecule has 1 heterocycles. The van der Waals surface area contributed by atoms with Crippen molar-refractivity contribution < 1.29 is 0 Å². The molecule has 0 spiro atoms. The molecule has 0 aromatic rings. The largest absolute Gasteiger partial charge is 0.378 e. The van der Waals surface area contributed by atoms with Crippen LogP contribution >= 0.6 is 0 Å². The van der Waals surface area contributed by atoms with E-state index in [0.717, 1.165) is 0 Å². The highest BCUT2D eigenvalue weighted by Crippen LogP contribution is 2.08. The van der Waals surface area contributed by atoms with Gasteiger partial charge >= 0.3 is 0 Å². The summed E-state index contributed by atoms with van der Waals surface area (Å²) in [6.07, 6.45) is 7.48. The van der Waals surface area contributed by atoms with Gasteiger partial charge in [-0.1, -0.05) is 19.4 Å². The second kappa shape index (κ2) is 3.54. The van der Waals surface area contributed by atoms with Gasteiger partial charge in [-0.25, -0.2) is 0 Å². The molecule has 0 radical (unpaired) electrons. The maximum atomic E-state index is 3.75. The zero-order valence-corrected chi connectivity index (χ0v) is 5.97. The molecule has 1 aliphatic rings. The highest BCUT2D eigenvalue weighted by atomic mass is 15.1. The van der Waals surface area contributed by atoms with Crippen LogP contribution in [0, 0.1) is 0 Å². The van der Waals surface area contributed by atoms with Gasteiger partial charge in [0.05, 0.1) is 0 Å². The van der Waals surface area contributed by atoms with Crippen LogP contribution in [0.25, 0.3) is 0 Å². The van der Waals surface area contributed by atoms with Crippen molar-refractivity contribution in [1.29, 1.82) is 0 Å². The van der Waals surface area contributed by atoms with Crippen molar-refractivity contribution >= 4 is 0 Å². The second-order valence-electron chi connectivity index (χ2n) is 2.63. The van der Waals surface area contributed by atoms with E-state index in [2.05, 4.69) is 11.5 Å². The Morgan fingerprint density at radius 3 is 2.00 bits per heavy atom. The Balaban J connectivity index is 2.26. The first-order chi connectivity index (χ1) is 4.43. The van der Waals surface area contributed by atoms with Gasteiger partial charge in [0.25, 0.3) is 0 Å². The molecule has 0 aliphatic carbocycles. The second-order valence-corrected chi connectivity index (χ2v) is 2.63. The maximum absolute atomic E-state index is 3.75. The van der Waals surface area contributed by atoms with Crippen molar-refractivity contribution in [2.24, 2.45) is 0 Å². The fraction of sp³-hybridized carbons (Fsp3) is 0.750. The molecule has 1 heteroatoms. The fourth-order valence-electron chi connectivity index (χ4n) is 1.28. The van der Waals surface area contributed by atoms with Crippen molar-refractivity contribution in [3.8, 4) is 0 Å². The summed E-state index contributed by atoms with van der Waals surface area (Å²) >= 11 is 0. The van der Waals surface area contributed by atoms with Crippen LogP contribution in [0.15, 0.2) is 12.8 Å². The van der Waals surface area contributed by atoms with Gasteiger partial charge in [-0.3, -0.25) is 0 Å². The molecule has 0 bridgehead atoms. The van der Waals surface area contributed by atoms with E-state index >= 15 is 0 Å². The predicted octanol–water partition coefficient (Wildman–Crippen LogP) is 2.01. The van der Waals surface area contributed by atoms with Gasteiger partial charge < -0.3 is 4.90 Å². The first kappa shape index (κ1) is 6.66. The predicted molar refractivity (Wildman–Crippen MR) is 40.2 cm³/mol. The van der Waals surface area contributed by atoms with E-state index in [1.807, 2.05) is 6.20 Å². The molecule has 1 fully saturated rings. The Kier molecular flexibility index (Phi) is 2.62. The molecule has 0 unspecified atom stereocenters. The van der Waals surface area contributed by atoms with Crippen LogP contribution in [0.1, 0.15) is 25.7 Å². The lowest BCUT2D eigenvalue weighted by molar-refractivity contribution is 0.393. The molecule has 1 saturated heterocycles. The molecule has 0 aromatic heterocycles. The summed E-state index contributed by atoms with van der Waals surface area (Å²) in [5, 5.41) is 0. The molecule has 1 nitrogen and oxygen atoms in total. The SMILES string of the molecule is C=CN1CCCCCC1. The van der Waals surface area contributed by atoms with Crippen LogP contribution in [0.5, 0.6) is 0 Å². The molecule has 0 N–H and O–H groups in total. The third-order valence-corrected chi connectivity index (χ3v) is 1.90. The van der Waals surface area contributed by atoms with Crippen LogP contribution in [0.3, 0.4) is 0 Å². The van der Waals surface area contributed by atoms with Gasteiger partial charge in [-0.15, -0.1) is 0 Å². The average Bonchev–Trinajstić information content (AvgIpc) is 2.13. The zero-order valence-electron chi connectivity index (χ0n) is 5.97. The van der Waals surface area contributed by atoms with Gasteiger partial charge in [0, 0.05) is 13.1 Å². The highest BCUT2D eigenvalue weighted by Gasteiger charge is 2.02. The van der Waals surface area contributed by atoms with Crippen molar-refractivity contribution in [2.45, 2.75) is 25.7 Å². The van der Waals surface area contributed by atoms with Gasteiger partial charge in [0.15, 0.2) is 0 Å². The van der Waals surface area contributed by atoms with Crippen molar-refractivity contribution in [3.63, 3.8) is 0 Å². The molecule has 1 rings (SSSR count). The van der Waals surface area contributed by atoms with Crippen molar-refractivity contribution in [2.75, 3.05) is 13.1 Å². The standard InChI is InChI=1S/C8H15N/c1-2-9-7-5-3-4-6-8-9/h2H,1,3-8H2. The summed E-state index contributed by atoms with van der Waals surface area (Å²) in [6, 6.07) is 0. The Morgan fingerprint density at radius 2 is 1.56 bits per heavy atom. The van der Waals surface area contributed by atoms with Gasteiger partial charge in [-0.2, -0.15) is 0 Å². The van der Waals surface area contributed by atoms with Gasteiger partial charge in [-0.05, 0) is 19.0 Å². The molecular weight excluding hydrogens is 110 g/mol. The summed E-state index contributed by atoms with van der Waals surface area (Å²) < 4.78 is 0. The van der Waals surface area contributed by atoms with E-state index in [9.17, 15) is 0 Å². The summed E-state index contributed by atoms with van der Waals surface area (Å²) in [5.74, 6) is 0. The Bertz CT molecular complexity index is 80.6. The minimum atomic E-state index is 1.23. The smallest absolute Gasteiger partial charge is 0.0172 e. The Labute approximate surface area is 57.4 Å². The lowest BCUT2D eigenvalue weighted by atomic mass is 10.2. The Hall–Kier alpha value is -0.460. The first-order valence-electron chi connectivity index (χ1n) is 3.80. The molecule has 0 atom stereocenters. The molecule has 52 valence electrons. The first-order valence-corrected chi connectivity index (χ1v) is 3.80. The fourth-order valence-corrected chi connectivity index (χ4v) is 1.28. The molecule has 0 aromatic carbocycles. The zero-order chi connectivity index (χ0) is 6.53. The van der Waals surface area contributed by atoms with Gasteiger partial charge in [0.2, 0.25) is 0 Å². The van der Waals surface area contributed by atoms with Crippen LogP contribution in [-0.4, -0.2) is 18.0 Å². The summed E-state index contributed by atoms with van der Waals surface area (Å²) in [4.78, 5) is 2.31. The lowest BCUT2D eigenvalue weighted by Gasteiger charge is -2.15. The van der Waals surface area contributed by atoms with Crippen LogP contribution in [0.2, 0.25) is 0 Å². The van der Waals surface area contributed by atoms with E-state index in [-0.39, 0.29) is 0 Å². The summed E-state index contributed by atoms with van der Waals surface area (Å²) in [5.41, 5.74) is 0. The highest BCUT2D eigenvalue weighted by molar-refractivity contribution is 4.72. The normalized spacial score (nSPS) is 21.1. The third-order valence-electron chi connectivity index (χ3n) is 1.90. The number of rotatable bonds is 1. The lowest BCUT2D eigenvalue weighted by Crippen LogP contribution is -2.16. The maximum Gasteiger partial charge on any atom is 0.0172 e. The number of hydrogen-bond donors (Lipinski definition) is 0. The monoisotopic (exact) mass is 125 g/mol. The number of likely N-dealkylation sites (tertiary alicyclic amines) is 1. The minimum Gasteiger partial charge on any atom is -0.378 e. The van der Waals surface area contributed by atoms with Crippen LogP contribution < -0.4 is 0 Å². The van der Waals surface area contributed by atoms with E-state index in [1.165, 1.54) is 38.8 Å². The molecule has 0 saturated carbocycles. The Morgan fingerprint density at radius 1 is 1.00 bits per heavy atom. The molecular formula is C8H15N. The topological polar surface area (TPSA) is 3.24 Å². The van der Waals surface area contributed by atoms with E-state index in [1.54, 1.807) is 0 Å². The quantitative estimate of drug-likeness (QED) is 0.518. The van der Waals surface area contributed by atoms with Crippen molar-refractivity contribution in [1.82, 2.24) is 4.90 Å². The van der Waals surface area contributed by atoms with E-state index in [4.69, 9.17) is 0 Å². The van der Waals surface area contributed by atoms with E-state index in [0.29, 0.717) is 0 Å². The number of nitrogens with zero attached hydrogens (tertiary/aromatic N) is 1.